The molecule has 3 rings (SSSR count). The summed E-state index contributed by atoms with van der Waals surface area (Å²) < 4.78 is 4.65. The topological polar surface area (TPSA) is 93.4 Å². The number of hydrogen-bond acceptors (Lipinski definition) is 6. The van der Waals surface area contributed by atoms with E-state index in [0.717, 1.165) is 42.0 Å². The van der Waals surface area contributed by atoms with Gasteiger partial charge in [0.15, 0.2) is 5.82 Å². The number of anilines is 1. The van der Waals surface area contributed by atoms with E-state index < -0.39 is 6.09 Å². The Kier molecular flexibility index (Phi) is 6.13. The van der Waals surface area contributed by atoms with Crippen molar-refractivity contribution in [3.8, 4) is 11.4 Å². The number of aryl methyl sites for hydroxylation is 1. The van der Waals surface area contributed by atoms with Crippen LogP contribution in [0.3, 0.4) is 0 Å². The first-order valence-electron chi connectivity index (χ1n) is 8.91. The molecular weight excluding hydrogens is 366 g/mol. The van der Waals surface area contributed by atoms with Crippen LogP contribution in [-0.2, 0) is 11.3 Å². The normalized spacial score (nSPS) is 16.4. The van der Waals surface area contributed by atoms with E-state index in [2.05, 4.69) is 19.9 Å². The maximum Gasteiger partial charge on any atom is 0.407 e. The van der Waals surface area contributed by atoms with Crippen molar-refractivity contribution in [2.45, 2.75) is 19.9 Å². The Bertz CT molecular complexity index is 830. The fraction of sp³-hybridized carbons (Fsp3) is 0.421. The molecule has 7 nitrogen and oxygen atoms in total. The van der Waals surface area contributed by atoms with E-state index in [1.165, 1.54) is 7.11 Å². The van der Waals surface area contributed by atoms with Crippen LogP contribution < -0.4 is 16.0 Å². The summed E-state index contributed by atoms with van der Waals surface area (Å²) >= 11 is 6.26. The number of carbonyl (C=O) groups is 1. The minimum atomic E-state index is -0.489. The zero-order chi connectivity index (χ0) is 19.4. The van der Waals surface area contributed by atoms with Crippen LogP contribution in [0.2, 0.25) is 5.02 Å². The summed E-state index contributed by atoms with van der Waals surface area (Å²) in [7, 11) is 1.34. The van der Waals surface area contributed by atoms with Crippen LogP contribution >= 0.6 is 11.6 Å². The van der Waals surface area contributed by atoms with Crippen molar-refractivity contribution >= 4 is 23.5 Å². The van der Waals surface area contributed by atoms with Crippen LogP contribution in [0.1, 0.15) is 17.5 Å². The summed E-state index contributed by atoms with van der Waals surface area (Å²) in [5.74, 6) is 1.85. The summed E-state index contributed by atoms with van der Waals surface area (Å²) in [6, 6.07) is 5.78. The molecule has 1 aliphatic heterocycles. The van der Waals surface area contributed by atoms with Gasteiger partial charge in [0.1, 0.15) is 5.82 Å². The van der Waals surface area contributed by atoms with Crippen LogP contribution in [-0.4, -0.2) is 42.8 Å². The number of nitrogens with two attached hydrogens (primary N) is 1. The number of rotatable bonds is 5. The number of ether oxygens (including phenoxy) is 1. The SMILES string of the molecule is COC(=O)NCc1cnc(-c2ccc(C)c(Cl)c2)nc1N1CCC(CN)C1. The molecule has 1 atom stereocenters. The third-order valence-electron chi connectivity index (χ3n) is 4.80. The molecule has 1 fully saturated rings. The molecule has 0 bridgehead atoms. The van der Waals surface area contributed by atoms with Crippen LogP contribution in [0, 0.1) is 12.8 Å². The van der Waals surface area contributed by atoms with Crippen molar-refractivity contribution in [1.29, 1.82) is 0 Å². The Labute approximate surface area is 163 Å². The lowest BCUT2D eigenvalue weighted by Crippen LogP contribution is -2.28. The molecule has 1 amide bonds. The second-order valence-corrected chi connectivity index (χ2v) is 7.10. The van der Waals surface area contributed by atoms with E-state index >= 15 is 0 Å². The number of aromatic nitrogens is 2. The van der Waals surface area contributed by atoms with Crippen molar-refractivity contribution in [3.05, 3.63) is 40.5 Å². The minimum absolute atomic E-state index is 0.292. The molecule has 0 radical (unpaired) electrons. The number of benzene rings is 1. The van der Waals surface area contributed by atoms with Crippen LogP contribution in [0.4, 0.5) is 10.6 Å². The first-order chi connectivity index (χ1) is 13.0. The predicted octanol–water partition coefficient (Wildman–Crippen LogP) is 2.75. The second-order valence-electron chi connectivity index (χ2n) is 6.69. The van der Waals surface area contributed by atoms with Gasteiger partial charge in [-0.05, 0) is 37.4 Å². The Morgan fingerprint density at radius 2 is 2.30 bits per heavy atom. The highest BCUT2D eigenvalue weighted by atomic mass is 35.5. The number of methoxy groups -OCH3 is 1. The van der Waals surface area contributed by atoms with E-state index in [-0.39, 0.29) is 0 Å². The molecule has 1 aromatic carbocycles. The van der Waals surface area contributed by atoms with Crippen molar-refractivity contribution in [1.82, 2.24) is 15.3 Å². The Morgan fingerprint density at radius 3 is 2.96 bits per heavy atom. The van der Waals surface area contributed by atoms with E-state index in [1.54, 1.807) is 6.20 Å². The average Bonchev–Trinajstić information content (AvgIpc) is 3.17. The first-order valence-corrected chi connectivity index (χ1v) is 9.29. The van der Waals surface area contributed by atoms with Gasteiger partial charge in [0, 0.05) is 35.4 Å². The molecule has 1 saturated heterocycles. The molecule has 3 N–H and O–H groups in total. The summed E-state index contributed by atoms with van der Waals surface area (Å²) in [5.41, 5.74) is 8.53. The predicted molar refractivity (Wildman–Crippen MR) is 106 cm³/mol. The second kappa shape index (κ2) is 8.54. The number of alkyl carbamates (subject to hydrolysis) is 1. The fourth-order valence-electron chi connectivity index (χ4n) is 3.12. The zero-order valence-corrected chi connectivity index (χ0v) is 16.3. The molecule has 2 aromatic rings. The number of amides is 1. The lowest BCUT2D eigenvalue weighted by molar-refractivity contribution is 0.170. The van der Waals surface area contributed by atoms with Crippen molar-refractivity contribution < 1.29 is 9.53 Å². The number of nitrogens with zero attached hydrogens (tertiary/aromatic N) is 3. The molecule has 2 heterocycles. The number of halogens is 1. The highest BCUT2D eigenvalue weighted by Crippen LogP contribution is 2.28. The van der Waals surface area contributed by atoms with Crippen LogP contribution in [0.5, 0.6) is 0 Å². The lowest BCUT2D eigenvalue weighted by atomic mass is 10.1. The molecule has 27 heavy (non-hydrogen) atoms. The summed E-state index contributed by atoms with van der Waals surface area (Å²) in [4.78, 5) is 22.9. The van der Waals surface area contributed by atoms with Gasteiger partial charge in [-0.15, -0.1) is 0 Å². The molecule has 0 saturated carbocycles. The number of hydrogen-bond donors (Lipinski definition) is 2. The van der Waals surface area contributed by atoms with Crippen molar-refractivity contribution in [2.24, 2.45) is 11.7 Å². The summed E-state index contributed by atoms with van der Waals surface area (Å²) in [6.07, 6.45) is 2.28. The largest absolute Gasteiger partial charge is 0.453 e. The fourth-order valence-corrected chi connectivity index (χ4v) is 3.30. The smallest absolute Gasteiger partial charge is 0.407 e. The quantitative estimate of drug-likeness (QED) is 0.816. The minimum Gasteiger partial charge on any atom is -0.453 e. The number of nitrogens with one attached hydrogen (secondary N) is 1. The number of carbonyl (C=O) groups excluding carboxylic acids is 1. The Hall–Kier alpha value is -2.38. The lowest BCUT2D eigenvalue weighted by Gasteiger charge is -2.21. The molecule has 144 valence electrons. The summed E-state index contributed by atoms with van der Waals surface area (Å²) in [5, 5.41) is 3.38. The van der Waals surface area contributed by atoms with E-state index in [0.29, 0.717) is 29.9 Å². The van der Waals surface area contributed by atoms with Crippen molar-refractivity contribution in [2.75, 3.05) is 31.6 Å². The molecule has 0 spiro atoms. The van der Waals surface area contributed by atoms with Gasteiger partial charge >= 0.3 is 6.09 Å². The van der Waals surface area contributed by atoms with Gasteiger partial charge in [0.05, 0.1) is 13.7 Å². The Morgan fingerprint density at radius 1 is 1.48 bits per heavy atom. The van der Waals surface area contributed by atoms with Gasteiger partial charge in [0.2, 0.25) is 0 Å². The average molecular weight is 390 g/mol. The van der Waals surface area contributed by atoms with E-state index in [9.17, 15) is 4.79 Å². The van der Waals surface area contributed by atoms with Gasteiger partial charge in [-0.3, -0.25) is 0 Å². The van der Waals surface area contributed by atoms with Gasteiger partial charge in [-0.2, -0.15) is 0 Å². The van der Waals surface area contributed by atoms with Crippen LogP contribution in [0.15, 0.2) is 24.4 Å². The van der Waals surface area contributed by atoms with E-state index in [1.807, 2.05) is 25.1 Å². The standard InChI is InChI=1S/C19H24ClN5O2/c1-12-3-4-14(7-16(12)20)17-22-9-15(10-23-19(26)27-2)18(24-17)25-6-5-13(8-21)11-25/h3-4,7,9,13H,5-6,8,10-11,21H2,1-2H3,(H,23,26). The molecule has 8 heteroatoms. The van der Waals surface area contributed by atoms with Crippen LogP contribution in [0.25, 0.3) is 11.4 Å². The highest BCUT2D eigenvalue weighted by Gasteiger charge is 2.25. The molecule has 1 aliphatic rings. The maximum atomic E-state index is 11.5. The monoisotopic (exact) mass is 389 g/mol. The third kappa shape index (κ3) is 4.48. The molecular formula is C19H24ClN5O2. The third-order valence-corrected chi connectivity index (χ3v) is 5.21. The zero-order valence-electron chi connectivity index (χ0n) is 15.5. The van der Waals surface area contributed by atoms with E-state index in [4.69, 9.17) is 22.3 Å². The molecule has 0 aliphatic carbocycles. The first kappa shape index (κ1) is 19.4. The van der Waals surface area contributed by atoms with Crippen molar-refractivity contribution in [3.63, 3.8) is 0 Å². The molecule has 1 aromatic heterocycles. The van der Waals surface area contributed by atoms with Gasteiger partial charge < -0.3 is 20.7 Å². The summed E-state index contributed by atoms with van der Waals surface area (Å²) in [6.45, 7) is 4.61. The Balaban J connectivity index is 1.94. The highest BCUT2D eigenvalue weighted by molar-refractivity contribution is 6.31. The van der Waals surface area contributed by atoms with Gasteiger partial charge in [-0.25, -0.2) is 14.8 Å². The van der Waals surface area contributed by atoms with Gasteiger partial charge in [-0.1, -0.05) is 23.7 Å². The van der Waals surface area contributed by atoms with Gasteiger partial charge in [0.25, 0.3) is 0 Å². The molecule has 1 unspecified atom stereocenters. The maximum absolute atomic E-state index is 11.5.